The maximum atomic E-state index is 9.72. The topological polar surface area (TPSA) is 26.7 Å². The van der Waals surface area contributed by atoms with Crippen molar-refractivity contribution < 1.29 is 5.11 Å². The highest BCUT2D eigenvalue weighted by atomic mass is 31.0. The Balaban J connectivity index is 0.000000704. The number of rotatable bonds is 1. The molecule has 1 aliphatic heterocycles. The fourth-order valence-corrected chi connectivity index (χ4v) is 3.42. The molecule has 112 valence electrons. The van der Waals surface area contributed by atoms with Crippen LogP contribution in [0.4, 0.5) is 0 Å². The van der Waals surface area contributed by atoms with E-state index >= 15 is 0 Å². The van der Waals surface area contributed by atoms with Crippen LogP contribution in [0.5, 0.6) is 5.75 Å². The number of aryl methyl sites for hydroxylation is 1. The first-order chi connectivity index (χ1) is 9.74. The van der Waals surface area contributed by atoms with Gasteiger partial charge in [0.2, 0.25) is 0 Å². The molecule has 0 radical (unpaired) electrons. The molecule has 1 saturated heterocycles. The lowest BCUT2D eigenvalue weighted by molar-refractivity contribution is 0.129. The van der Waals surface area contributed by atoms with Crippen molar-refractivity contribution in [3.63, 3.8) is 0 Å². The van der Waals surface area contributed by atoms with E-state index < -0.39 is 0 Å². The smallest absolute Gasteiger partial charge is 0.115 e. The number of hydrogen-bond acceptors (Lipinski definition) is 3. The lowest BCUT2D eigenvalue weighted by atomic mass is 9.86. The van der Waals surface area contributed by atoms with E-state index in [1.807, 2.05) is 26.0 Å². The van der Waals surface area contributed by atoms with E-state index in [0.717, 1.165) is 32.6 Å². The lowest BCUT2D eigenvalue weighted by Crippen LogP contribution is -2.44. The predicted octanol–water partition coefficient (Wildman–Crippen LogP) is 3.20. The molecule has 2 unspecified atom stereocenters. The van der Waals surface area contributed by atoms with Crippen molar-refractivity contribution in [2.75, 3.05) is 26.2 Å². The first-order valence-corrected chi connectivity index (χ1v) is 8.31. The maximum Gasteiger partial charge on any atom is 0.115 e. The second-order valence-electron chi connectivity index (χ2n) is 5.36. The van der Waals surface area contributed by atoms with Gasteiger partial charge in [0.15, 0.2) is 0 Å². The van der Waals surface area contributed by atoms with Gasteiger partial charge in [-0.05, 0) is 42.5 Å². The monoisotopic (exact) mass is 294 g/mol. The van der Waals surface area contributed by atoms with E-state index in [0.29, 0.717) is 11.8 Å². The largest absolute Gasteiger partial charge is 0.508 e. The summed E-state index contributed by atoms with van der Waals surface area (Å²) in [5, 5.41) is 9.72. The molecule has 20 heavy (non-hydrogen) atoms. The second-order valence-corrected chi connectivity index (χ2v) is 6.09. The number of piperazine rings is 1. The van der Waals surface area contributed by atoms with Gasteiger partial charge < -0.3 is 5.11 Å². The average Bonchev–Trinajstić information content (AvgIpc) is 2.49. The van der Waals surface area contributed by atoms with Crippen molar-refractivity contribution in [3.05, 3.63) is 29.3 Å². The lowest BCUT2D eigenvalue weighted by Gasteiger charge is -2.40. The van der Waals surface area contributed by atoms with E-state index in [-0.39, 0.29) is 0 Å². The fraction of sp³-hybridized carbons (Fsp3) is 0.625. The molecule has 0 spiro atoms. The van der Waals surface area contributed by atoms with Crippen LogP contribution in [0.25, 0.3) is 0 Å². The highest BCUT2D eigenvalue weighted by molar-refractivity contribution is 7.13. The molecule has 1 N–H and O–H groups in total. The van der Waals surface area contributed by atoms with Crippen LogP contribution in [-0.4, -0.2) is 40.9 Å². The Bertz CT molecular complexity index is 430. The Morgan fingerprint density at radius 2 is 1.85 bits per heavy atom. The maximum absolute atomic E-state index is 9.72. The molecule has 3 nitrogen and oxygen atoms in total. The normalized spacial score (nSPS) is 23.6. The molecule has 0 amide bonds. The molecule has 0 aromatic heterocycles. The summed E-state index contributed by atoms with van der Waals surface area (Å²) in [5.74, 6) is 0.408. The Hall–Kier alpha value is -0.630. The van der Waals surface area contributed by atoms with E-state index in [9.17, 15) is 5.11 Å². The molecule has 0 bridgehead atoms. The summed E-state index contributed by atoms with van der Waals surface area (Å²) in [7, 11) is 2.80. The summed E-state index contributed by atoms with van der Waals surface area (Å²) in [6.07, 6.45) is 3.66. The first-order valence-electron chi connectivity index (χ1n) is 7.79. The molecule has 4 heteroatoms. The minimum Gasteiger partial charge on any atom is -0.508 e. The van der Waals surface area contributed by atoms with Gasteiger partial charge in [0.25, 0.3) is 0 Å². The van der Waals surface area contributed by atoms with E-state index in [2.05, 4.69) is 25.0 Å². The van der Waals surface area contributed by atoms with Crippen molar-refractivity contribution in [3.8, 4) is 5.75 Å². The van der Waals surface area contributed by atoms with Gasteiger partial charge in [0, 0.05) is 32.2 Å². The minimum absolute atomic E-state index is 0.408. The SMILES string of the molecule is CC.Oc1ccc2c(c1)C(N1CCN(P)CC1)CCC2. The van der Waals surface area contributed by atoms with E-state index in [1.54, 1.807) is 0 Å². The number of aromatic hydroxyl groups is 1. The minimum atomic E-state index is 0.408. The number of benzene rings is 1. The van der Waals surface area contributed by atoms with Crippen LogP contribution in [0.2, 0.25) is 0 Å². The van der Waals surface area contributed by atoms with Gasteiger partial charge >= 0.3 is 0 Å². The molecule has 2 atom stereocenters. The fourth-order valence-electron chi connectivity index (χ4n) is 3.19. The molecular weight excluding hydrogens is 267 g/mol. The third-order valence-electron chi connectivity index (χ3n) is 4.20. The molecule has 1 aromatic carbocycles. The molecule has 3 rings (SSSR count). The third-order valence-corrected chi connectivity index (χ3v) is 4.72. The van der Waals surface area contributed by atoms with Crippen molar-refractivity contribution in [1.29, 1.82) is 0 Å². The van der Waals surface area contributed by atoms with Gasteiger partial charge in [-0.2, -0.15) is 0 Å². The van der Waals surface area contributed by atoms with E-state index in [4.69, 9.17) is 0 Å². The molecule has 1 aromatic rings. The van der Waals surface area contributed by atoms with Gasteiger partial charge in [-0.3, -0.25) is 9.57 Å². The average molecular weight is 294 g/mol. The highest BCUT2D eigenvalue weighted by Crippen LogP contribution is 2.36. The van der Waals surface area contributed by atoms with Crippen LogP contribution < -0.4 is 0 Å². The van der Waals surface area contributed by atoms with Crippen LogP contribution >= 0.6 is 9.39 Å². The van der Waals surface area contributed by atoms with Gasteiger partial charge in [0.1, 0.15) is 5.75 Å². The number of nitrogens with zero attached hydrogens (tertiary/aromatic N) is 2. The Kier molecular flexibility index (Phi) is 5.83. The number of hydrogen-bond donors (Lipinski definition) is 1. The number of phenols is 1. The molecule has 1 heterocycles. The zero-order chi connectivity index (χ0) is 14.5. The van der Waals surface area contributed by atoms with Crippen molar-refractivity contribution >= 4 is 9.39 Å². The van der Waals surface area contributed by atoms with Crippen LogP contribution in [0, 0.1) is 0 Å². The Morgan fingerprint density at radius 3 is 2.55 bits per heavy atom. The van der Waals surface area contributed by atoms with Gasteiger partial charge in [-0.1, -0.05) is 29.3 Å². The summed E-state index contributed by atoms with van der Waals surface area (Å²) < 4.78 is 2.31. The van der Waals surface area contributed by atoms with Gasteiger partial charge in [0.05, 0.1) is 0 Å². The second kappa shape index (κ2) is 7.40. The first kappa shape index (κ1) is 15.8. The molecule has 1 aliphatic carbocycles. The van der Waals surface area contributed by atoms with Gasteiger partial charge in [-0.15, -0.1) is 0 Å². The zero-order valence-corrected chi connectivity index (χ0v) is 13.8. The highest BCUT2D eigenvalue weighted by Gasteiger charge is 2.28. The number of phenolic OH excluding ortho intramolecular Hbond substituents is 1. The van der Waals surface area contributed by atoms with Gasteiger partial charge in [-0.25, -0.2) is 0 Å². The Morgan fingerprint density at radius 1 is 1.15 bits per heavy atom. The summed E-state index contributed by atoms with van der Waals surface area (Å²) in [6, 6.07) is 6.41. The van der Waals surface area contributed by atoms with Crippen LogP contribution in [-0.2, 0) is 6.42 Å². The molecule has 2 aliphatic rings. The quantitative estimate of drug-likeness (QED) is 0.806. The predicted molar refractivity (Wildman–Crippen MR) is 88.0 cm³/mol. The number of fused-ring (bicyclic) bond motifs is 1. The van der Waals surface area contributed by atoms with Crippen molar-refractivity contribution in [2.45, 2.75) is 39.2 Å². The van der Waals surface area contributed by atoms with Crippen molar-refractivity contribution in [1.82, 2.24) is 9.57 Å². The summed E-state index contributed by atoms with van der Waals surface area (Å²) in [6.45, 7) is 8.50. The zero-order valence-electron chi connectivity index (χ0n) is 12.7. The third kappa shape index (κ3) is 3.52. The van der Waals surface area contributed by atoms with Crippen LogP contribution in [0.15, 0.2) is 18.2 Å². The molecule has 1 fully saturated rings. The van der Waals surface area contributed by atoms with Crippen LogP contribution in [0.3, 0.4) is 0 Å². The molecular formula is C16H27N2OP. The summed E-state index contributed by atoms with van der Waals surface area (Å²) >= 11 is 0. The Labute approximate surface area is 125 Å². The van der Waals surface area contributed by atoms with Crippen LogP contribution in [0.1, 0.15) is 43.9 Å². The summed E-state index contributed by atoms with van der Waals surface area (Å²) in [4.78, 5) is 2.58. The standard InChI is InChI=1S/C14H21N2OP.C2H6/c17-12-5-4-11-2-1-3-14(13(11)10-12)15-6-8-16(18)9-7-15;1-2/h4-5,10,14,17H,1-3,6-9,18H2;1-2H3. The van der Waals surface area contributed by atoms with E-state index in [1.165, 1.54) is 24.0 Å². The summed E-state index contributed by atoms with van der Waals surface area (Å²) in [5.41, 5.74) is 2.79. The van der Waals surface area contributed by atoms with Crippen molar-refractivity contribution in [2.24, 2.45) is 0 Å². The molecule has 0 saturated carbocycles.